The summed E-state index contributed by atoms with van der Waals surface area (Å²) in [6.07, 6.45) is 1.46. The highest BCUT2D eigenvalue weighted by Crippen LogP contribution is 2.09. The Morgan fingerprint density at radius 3 is 2.64 bits per heavy atom. The van der Waals surface area contributed by atoms with Crippen molar-refractivity contribution in [2.24, 2.45) is 0 Å². The Hall–Kier alpha value is -1.75. The molecule has 1 aromatic carbocycles. The first-order valence-corrected chi connectivity index (χ1v) is 4.07. The van der Waals surface area contributed by atoms with Gasteiger partial charge in [0.1, 0.15) is 5.82 Å². The number of benzene rings is 1. The summed E-state index contributed by atoms with van der Waals surface area (Å²) < 4.78 is 14.1. The Morgan fingerprint density at radius 2 is 2.00 bits per heavy atom. The Labute approximate surface area is 79.6 Å². The molecule has 0 amide bonds. The summed E-state index contributed by atoms with van der Waals surface area (Å²) >= 11 is 0. The van der Waals surface area contributed by atoms with Crippen LogP contribution in [0.3, 0.4) is 0 Å². The molecule has 1 N–H and O–H groups in total. The van der Waals surface area contributed by atoms with Crippen molar-refractivity contribution in [3.63, 3.8) is 0 Å². The largest absolute Gasteiger partial charge is 0.390 e. The highest BCUT2D eigenvalue weighted by Gasteiger charge is 2.04. The van der Waals surface area contributed by atoms with Gasteiger partial charge in [-0.05, 0) is 24.3 Å². The molecule has 14 heavy (non-hydrogen) atoms. The summed E-state index contributed by atoms with van der Waals surface area (Å²) in [6, 6.07) is 5.81. The molecular weight excluding hydrogens is 185 g/mol. The summed E-state index contributed by atoms with van der Waals surface area (Å²) in [5.41, 5.74) is 1.24. The molecule has 0 radical (unpaired) electrons. The molecule has 0 fully saturated rings. The average molecular weight is 193 g/mol. The molecule has 1 aromatic heterocycles. The molecule has 0 aliphatic carbocycles. The van der Waals surface area contributed by atoms with Crippen LogP contribution in [0.2, 0.25) is 0 Å². The van der Waals surface area contributed by atoms with Crippen molar-refractivity contribution < 1.29 is 9.50 Å². The lowest BCUT2D eigenvalue weighted by Crippen LogP contribution is -2.01. The summed E-state index contributed by atoms with van der Waals surface area (Å²) in [5.74, 6) is -0.306. The van der Waals surface area contributed by atoms with Gasteiger partial charge in [-0.1, -0.05) is 5.21 Å². The standard InChI is InChI=1S/C9H8FN3O/c10-7-1-3-8(4-2-7)13-9(6-14)5-11-12-13/h1-5,14H,6H2. The number of nitrogens with zero attached hydrogens (tertiary/aromatic N) is 3. The fourth-order valence-electron chi connectivity index (χ4n) is 1.16. The summed E-state index contributed by atoms with van der Waals surface area (Å²) in [5, 5.41) is 16.4. The van der Waals surface area contributed by atoms with E-state index in [4.69, 9.17) is 5.11 Å². The number of hydrogen-bond acceptors (Lipinski definition) is 3. The van der Waals surface area contributed by atoms with E-state index in [9.17, 15) is 4.39 Å². The second kappa shape index (κ2) is 3.55. The lowest BCUT2D eigenvalue weighted by atomic mass is 10.3. The van der Waals surface area contributed by atoms with Gasteiger partial charge in [0.2, 0.25) is 0 Å². The van der Waals surface area contributed by atoms with Crippen LogP contribution in [0.25, 0.3) is 5.69 Å². The summed E-state index contributed by atoms with van der Waals surface area (Å²) in [4.78, 5) is 0. The van der Waals surface area contributed by atoms with Gasteiger partial charge < -0.3 is 5.11 Å². The van der Waals surface area contributed by atoms with Crippen LogP contribution in [0.1, 0.15) is 5.69 Å². The van der Waals surface area contributed by atoms with E-state index in [0.29, 0.717) is 11.4 Å². The van der Waals surface area contributed by atoms with E-state index in [1.807, 2.05) is 0 Å². The monoisotopic (exact) mass is 193 g/mol. The van der Waals surface area contributed by atoms with E-state index in [0.717, 1.165) is 0 Å². The van der Waals surface area contributed by atoms with Crippen LogP contribution in [0.15, 0.2) is 30.5 Å². The van der Waals surface area contributed by atoms with E-state index in [1.165, 1.54) is 23.0 Å². The molecule has 5 heteroatoms. The van der Waals surface area contributed by atoms with Crippen molar-refractivity contribution in [1.29, 1.82) is 0 Å². The van der Waals surface area contributed by atoms with Crippen molar-refractivity contribution in [3.8, 4) is 5.69 Å². The predicted molar refractivity (Wildman–Crippen MR) is 47.2 cm³/mol. The van der Waals surface area contributed by atoms with E-state index < -0.39 is 0 Å². The van der Waals surface area contributed by atoms with E-state index in [2.05, 4.69) is 10.3 Å². The first kappa shape index (κ1) is 8.83. The quantitative estimate of drug-likeness (QED) is 0.770. The number of rotatable bonds is 2. The Kier molecular flexibility index (Phi) is 2.24. The average Bonchev–Trinajstić information content (AvgIpc) is 2.67. The fourth-order valence-corrected chi connectivity index (χ4v) is 1.16. The number of aromatic nitrogens is 3. The molecule has 0 unspecified atom stereocenters. The van der Waals surface area contributed by atoms with Crippen molar-refractivity contribution in [2.45, 2.75) is 6.61 Å². The lowest BCUT2D eigenvalue weighted by molar-refractivity contribution is 0.273. The second-order valence-electron chi connectivity index (χ2n) is 2.77. The first-order valence-electron chi connectivity index (χ1n) is 4.07. The number of hydrogen-bond donors (Lipinski definition) is 1. The first-order chi connectivity index (χ1) is 6.81. The minimum atomic E-state index is -0.306. The molecule has 2 rings (SSSR count). The van der Waals surface area contributed by atoms with Gasteiger partial charge in [0.25, 0.3) is 0 Å². The molecule has 0 spiro atoms. The van der Waals surface area contributed by atoms with Crippen LogP contribution in [0.5, 0.6) is 0 Å². The van der Waals surface area contributed by atoms with Gasteiger partial charge in [0.15, 0.2) is 0 Å². The van der Waals surface area contributed by atoms with Gasteiger partial charge in [-0.2, -0.15) is 0 Å². The Bertz CT molecular complexity index is 424. The van der Waals surface area contributed by atoms with Crippen LogP contribution in [0.4, 0.5) is 4.39 Å². The van der Waals surface area contributed by atoms with Crippen molar-refractivity contribution in [1.82, 2.24) is 15.0 Å². The fraction of sp³-hybridized carbons (Fsp3) is 0.111. The predicted octanol–water partition coefficient (Wildman–Crippen LogP) is 0.899. The van der Waals surface area contributed by atoms with Crippen molar-refractivity contribution in [3.05, 3.63) is 42.0 Å². The zero-order chi connectivity index (χ0) is 9.97. The highest BCUT2D eigenvalue weighted by molar-refractivity contribution is 5.31. The third-order valence-electron chi connectivity index (χ3n) is 1.85. The topological polar surface area (TPSA) is 50.9 Å². The minimum absolute atomic E-state index is 0.148. The second-order valence-corrected chi connectivity index (χ2v) is 2.77. The maximum Gasteiger partial charge on any atom is 0.123 e. The molecule has 0 saturated heterocycles. The zero-order valence-corrected chi connectivity index (χ0v) is 7.26. The van der Waals surface area contributed by atoms with Crippen LogP contribution >= 0.6 is 0 Å². The maximum atomic E-state index is 12.6. The number of aliphatic hydroxyl groups is 1. The lowest BCUT2D eigenvalue weighted by Gasteiger charge is -2.02. The van der Waals surface area contributed by atoms with Crippen molar-refractivity contribution >= 4 is 0 Å². The SMILES string of the molecule is OCc1cnnn1-c1ccc(F)cc1. The summed E-state index contributed by atoms with van der Waals surface area (Å²) in [7, 11) is 0. The van der Waals surface area contributed by atoms with Gasteiger partial charge in [-0.25, -0.2) is 9.07 Å². The molecular formula is C9H8FN3O. The van der Waals surface area contributed by atoms with Crippen LogP contribution in [-0.2, 0) is 6.61 Å². The van der Waals surface area contributed by atoms with E-state index in [1.54, 1.807) is 12.1 Å². The molecule has 0 aliphatic rings. The number of aliphatic hydroxyl groups excluding tert-OH is 1. The van der Waals surface area contributed by atoms with Gasteiger partial charge in [-0.3, -0.25) is 0 Å². The van der Waals surface area contributed by atoms with Gasteiger partial charge in [-0.15, -0.1) is 5.10 Å². The normalized spacial score (nSPS) is 10.4. The van der Waals surface area contributed by atoms with Gasteiger partial charge in [0, 0.05) is 0 Å². The molecule has 72 valence electrons. The van der Waals surface area contributed by atoms with Crippen LogP contribution < -0.4 is 0 Å². The molecule has 4 nitrogen and oxygen atoms in total. The molecule has 0 saturated carbocycles. The third-order valence-corrected chi connectivity index (χ3v) is 1.85. The maximum absolute atomic E-state index is 12.6. The van der Waals surface area contributed by atoms with Crippen LogP contribution in [0, 0.1) is 5.82 Å². The molecule has 0 bridgehead atoms. The third kappa shape index (κ3) is 1.49. The van der Waals surface area contributed by atoms with Crippen molar-refractivity contribution in [2.75, 3.05) is 0 Å². The van der Waals surface area contributed by atoms with Gasteiger partial charge >= 0.3 is 0 Å². The smallest absolute Gasteiger partial charge is 0.123 e. The molecule has 2 aromatic rings. The zero-order valence-electron chi connectivity index (χ0n) is 7.26. The minimum Gasteiger partial charge on any atom is -0.390 e. The van der Waals surface area contributed by atoms with E-state index >= 15 is 0 Å². The molecule has 1 heterocycles. The highest BCUT2D eigenvalue weighted by atomic mass is 19.1. The Balaban J connectivity index is 2.44. The van der Waals surface area contributed by atoms with Crippen LogP contribution in [-0.4, -0.2) is 20.1 Å². The summed E-state index contributed by atoms with van der Waals surface area (Å²) in [6.45, 7) is -0.148. The number of halogens is 1. The van der Waals surface area contributed by atoms with Gasteiger partial charge in [0.05, 0.1) is 24.2 Å². The Morgan fingerprint density at radius 1 is 1.29 bits per heavy atom. The van der Waals surface area contributed by atoms with E-state index in [-0.39, 0.29) is 12.4 Å². The molecule has 0 atom stereocenters. The molecule has 0 aliphatic heterocycles.